The molecule has 0 radical (unpaired) electrons. The topological polar surface area (TPSA) is 62.7 Å². The van der Waals surface area contributed by atoms with E-state index in [2.05, 4.69) is 30.4 Å². The first kappa shape index (κ1) is 19.5. The van der Waals surface area contributed by atoms with Gasteiger partial charge in [-0.05, 0) is 48.6 Å². The van der Waals surface area contributed by atoms with Crippen LogP contribution in [-0.2, 0) is 4.79 Å². The Morgan fingerprint density at radius 3 is 2.67 bits per heavy atom. The highest BCUT2D eigenvalue weighted by atomic mass is 32.2. The zero-order valence-electron chi connectivity index (χ0n) is 16.2. The van der Waals surface area contributed by atoms with Gasteiger partial charge in [-0.3, -0.25) is 4.79 Å². The number of imidazole rings is 1. The molecule has 3 atom stereocenters. The monoisotopic (exact) mass is 384 g/mol. The van der Waals surface area contributed by atoms with E-state index in [0.29, 0.717) is 0 Å². The molecule has 3 rings (SSSR count). The molecule has 2 N–H and O–H groups in total. The van der Waals surface area contributed by atoms with Gasteiger partial charge in [0.1, 0.15) is 11.9 Å². The number of para-hydroxylation sites is 2. The Balaban J connectivity index is 1.85. The second kappa shape index (κ2) is 9.13. The summed E-state index contributed by atoms with van der Waals surface area (Å²) in [6.07, 6.45) is 7.76. The fraction of sp³-hybridized carbons (Fsp3) is 0.429. The van der Waals surface area contributed by atoms with Crippen LogP contribution >= 0.6 is 11.8 Å². The van der Waals surface area contributed by atoms with E-state index >= 15 is 0 Å². The van der Waals surface area contributed by atoms with Crippen molar-refractivity contribution in [1.82, 2.24) is 19.9 Å². The Kier molecular flexibility index (Phi) is 6.61. The predicted molar refractivity (Wildman–Crippen MR) is 113 cm³/mol. The normalized spacial score (nSPS) is 14.8. The number of fused-ring (bicyclic) bond motifs is 1. The Hall–Kier alpha value is -2.21. The maximum Gasteiger partial charge on any atom is 0.243 e. The summed E-state index contributed by atoms with van der Waals surface area (Å²) in [6.45, 7) is 4.30. The van der Waals surface area contributed by atoms with Crippen molar-refractivity contribution in [2.45, 2.75) is 38.8 Å². The number of aromatic nitrogens is 3. The number of benzene rings is 1. The minimum absolute atomic E-state index is 0.0472. The number of nitrogens with zero attached hydrogens (tertiary/aromatic N) is 2. The Labute approximate surface area is 165 Å². The van der Waals surface area contributed by atoms with E-state index in [1.165, 1.54) is 0 Å². The summed E-state index contributed by atoms with van der Waals surface area (Å²) < 4.78 is 2.00. The molecule has 27 heavy (non-hydrogen) atoms. The van der Waals surface area contributed by atoms with Crippen LogP contribution in [0.2, 0.25) is 0 Å². The van der Waals surface area contributed by atoms with Gasteiger partial charge in [-0.2, -0.15) is 11.8 Å². The summed E-state index contributed by atoms with van der Waals surface area (Å²) in [5.41, 5.74) is 1.93. The van der Waals surface area contributed by atoms with Crippen LogP contribution in [0.25, 0.3) is 11.0 Å². The second-order valence-electron chi connectivity index (χ2n) is 6.94. The van der Waals surface area contributed by atoms with Crippen molar-refractivity contribution >= 4 is 28.7 Å². The third kappa shape index (κ3) is 4.56. The molecule has 0 aliphatic rings. The van der Waals surface area contributed by atoms with Gasteiger partial charge in [-0.25, -0.2) is 4.98 Å². The smallest absolute Gasteiger partial charge is 0.243 e. The largest absolute Gasteiger partial charge is 0.344 e. The molecular weight excluding hydrogens is 356 g/mol. The molecule has 0 saturated carbocycles. The number of H-pyrrole nitrogens is 1. The number of hydrogen-bond acceptors (Lipinski definition) is 3. The molecule has 144 valence electrons. The van der Waals surface area contributed by atoms with Crippen molar-refractivity contribution in [2.24, 2.45) is 5.92 Å². The highest BCUT2D eigenvalue weighted by Gasteiger charge is 2.27. The zero-order valence-corrected chi connectivity index (χ0v) is 17.0. The summed E-state index contributed by atoms with van der Waals surface area (Å²) >= 11 is 1.76. The first-order valence-corrected chi connectivity index (χ1v) is 10.9. The highest BCUT2D eigenvalue weighted by Crippen LogP contribution is 2.26. The van der Waals surface area contributed by atoms with E-state index in [9.17, 15) is 4.79 Å². The second-order valence-corrected chi connectivity index (χ2v) is 7.92. The van der Waals surface area contributed by atoms with Crippen LogP contribution in [0, 0.1) is 5.92 Å². The van der Waals surface area contributed by atoms with Crippen molar-refractivity contribution in [3.05, 3.63) is 54.6 Å². The maximum absolute atomic E-state index is 13.2. The van der Waals surface area contributed by atoms with E-state index in [-0.39, 0.29) is 23.9 Å². The number of nitrogens with one attached hydrogen (secondary N) is 2. The lowest BCUT2D eigenvalue weighted by Gasteiger charge is -2.26. The van der Waals surface area contributed by atoms with Crippen LogP contribution in [0.3, 0.4) is 0 Å². The van der Waals surface area contributed by atoms with Crippen molar-refractivity contribution in [1.29, 1.82) is 0 Å². The summed E-state index contributed by atoms with van der Waals surface area (Å²) in [6, 6.07) is 11.6. The van der Waals surface area contributed by atoms with Crippen LogP contribution in [0.5, 0.6) is 0 Å². The molecule has 1 amide bonds. The maximum atomic E-state index is 13.2. The Bertz CT molecular complexity index is 825. The average molecular weight is 385 g/mol. The van der Waals surface area contributed by atoms with Gasteiger partial charge in [0.15, 0.2) is 0 Å². The predicted octanol–water partition coefficient (Wildman–Crippen LogP) is 4.56. The summed E-state index contributed by atoms with van der Waals surface area (Å²) in [5, 5.41) is 3.28. The van der Waals surface area contributed by atoms with Gasteiger partial charge in [-0.1, -0.05) is 32.4 Å². The molecule has 3 aromatic rings. The first-order chi connectivity index (χ1) is 13.1. The van der Waals surface area contributed by atoms with Crippen molar-refractivity contribution < 1.29 is 4.79 Å². The van der Waals surface area contributed by atoms with Gasteiger partial charge in [-0.15, -0.1) is 0 Å². The molecule has 6 heteroatoms. The van der Waals surface area contributed by atoms with Gasteiger partial charge >= 0.3 is 0 Å². The molecule has 0 spiro atoms. The van der Waals surface area contributed by atoms with Crippen LogP contribution in [0.15, 0.2) is 48.8 Å². The van der Waals surface area contributed by atoms with Crippen LogP contribution < -0.4 is 5.32 Å². The lowest BCUT2D eigenvalue weighted by Crippen LogP contribution is -2.38. The summed E-state index contributed by atoms with van der Waals surface area (Å²) in [5.74, 6) is 2.09. The van der Waals surface area contributed by atoms with Gasteiger partial charge in [0, 0.05) is 12.4 Å². The minimum atomic E-state index is -0.205. The Morgan fingerprint density at radius 1 is 1.26 bits per heavy atom. The van der Waals surface area contributed by atoms with Gasteiger partial charge in [0.05, 0.1) is 17.1 Å². The van der Waals surface area contributed by atoms with Crippen molar-refractivity contribution in [2.75, 3.05) is 12.0 Å². The van der Waals surface area contributed by atoms with E-state index in [1.807, 2.05) is 53.4 Å². The number of rotatable bonds is 9. The van der Waals surface area contributed by atoms with Gasteiger partial charge in [0.25, 0.3) is 0 Å². The Morgan fingerprint density at radius 2 is 2.00 bits per heavy atom. The molecule has 0 fully saturated rings. The standard InChI is InChI=1S/C21H28N4OS/c1-4-15(2)19(20-22-16-9-5-6-10-17(16)23-20)24-21(26)18(11-14-27-3)25-12-7-8-13-25/h5-10,12-13,15,18-19H,4,11,14H2,1-3H3,(H,22,23)(H,24,26)/t15-,18+,19-/m0/s1. The zero-order chi connectivity index (χ0) is 19.2. The van der Waals surface area contributed by atoms with E-state index in [0.717, 1.165) is 35.5 Å². The quantitative estimate of drug-likeness (QED) is 0.568. The first-order valence-electron chi connectivity index (χ1n) is 9.50. The van der Waals surface area contributed by atoms with Crippen LogP contribution in [-0.4, -0.2) is 32.5 Å². The molecule has 0 aliphatic heterocycles. The number of amides is 1. The minimum Gasteiger partial charge on any atom is -0.344 e. The fourth-order valence-electron chi connectivity index (χ4n) is 3.29. The highest BCUT2D eigenvalue weighted by molar-refractivity contribution is 7.98. The van der Waals surface area contributed by atoms with Crippen LogP contribution in [0.4, 0.5) is 0 Å². The fourth-order valence-corrected chi connectivity index (χ4v) is 3.74. The number of aromatic amines is 1. The van der Waals surface area contributed by atoms with E-state index in [1.54, 1.807) is 11.8 Å². The third-order valence-corrected chi connectivity index (χ3v) is 5.74. The molecule has 2 heterocycles. The molecule has 1 aromatic carbocycles. The SMILES string of the molecule is CC[C@H](C)[C@H](NC(=O)[C@@H](CCSC)n1cccc1)c1nc2ccccc2[nH]1. The van der Waals surface area contributed by atoms with Gasteiger partial charge in [0.2, 0.25) is 5.91 Å². The summed E-state index contributed by atoms with van der Waals surface area (Å²) in [7, 11) is 0. The molecule has 5 nitrogen and oxygen atoms in total. The molecule has 2 aromatic heterocycles. The molecule has 0 unspecified atom stereocenters. The number of hydrogen-bond donors (Lipinski definition) is 2. The van der Waals surface area contributed by atoms with Crippen LogP contribution in [0.1, 0.15) is 44.6 Å². The third-order valence-electron chi connectivity index (χ3n) is 5.10. The molecule has 0 aliphatic carbocycles. The van der Waals surface area contributed by atoms with E-state index < -0.39 is 0 Å². The van der Waals surface area contributed by atoms with Crippen molar-refractivity contribution in [3.63, 3.8) is 0 Å². The number of carbonyl (C=O) groups is 1. The molecule has 0 saturated heterocycles. The number of thioether (sulfide) groups is 1. The number of carbonyl (C=O) groups excluding carboxylic acids is 1. The lowest BCUT2D eigenvalue weighted by atomic mass is 9.98. The van der Waals surface area contributed by atoms with E-state index in [4.69, 9.17) is 4.98 Å². The molecular formula is C21H28N4OS. The summed E-state index contributed by atoms with van der Waals surface area (Å²) in [4.78, 5) is 21.3. The van der Waals surface area contributed by atoms with Gasteiger partial charge < -0.3 is 14.9 Å². The molecule has 0 bridgehead atoms. The average Bonchev–Trinajstić information content (AvgIpc) is 3.35. The van der Waals surface area contributed by atoms with Crippen molar-refractivity contribution in [3.8, 4) is 0 Å². The lowest BCUT2D eigenvalue weighted by molar-refractivity contribution is -0.125.